The Hall–Kier alpha value is -3.52. The molecule has 2 heterocycles. The van der Waals surface area contributed by atoms with Crippen molar-refractivity contribution in [1.29, 1.82) is 0 Å². The van der Waals surface area contributed by atoms with E-state index in [1.54, 1.807) is 25.6 Å². The van der Waals surface area contributed by atoms with Crippen LogP contribution in [0.3, 0.4) is 0 Å². The second kappa shape index (κ2) is 10.8. The Labute approximate surface area is 209 Å². The van der Waals surface area contributed by atoms with Gasteiger partial charge in [-0.3, -0.25) is 19.1 Å². The van der Waals surface area contributed by atoms with E-state index in [1.807, 2.05) is 53.4 Å². The highest BCUT2D eigenvalue weighted by Gasteiger charge is 2.23. The molecule has 0 fully saturated rings. The first-order valence-electron chi connectivity index (χ1n) is 11.7. The molecular weight excluding hydrogens is 460 g/mol. The Morgan fingerprint density at radius 2 is 1.71 bits per heavy atom. The van der Waals surface area contributed by atoms with Gasteiger partial charge in [0.25, 0.3) is 5.56 Å². The Kier molecular flexibility index (Phi) is 7.60. The van der Waals surface area contributed by atoms with Gasteiger partial charge in [0.05, 0.1) is 22.4 Å². The van der Waals surface area contributed by atoms with E-state index in [9.17, 15) is 14.4 Å². The molecule has 0 bridgehead atoms. The summed E-state index contributed by atoms with van der Waals surface area (Å²) in [6.07, 6.45) is 2.92. The van der Waals surface area contributed by atoms with Crippen molar-refractivity contribution in [2.75, 3.05) is 24.2 Å². The van der Waals surface area contributed by atoms with Gasteiger partial charge in [-0.2, -0.15) is 0 Å². The third kappa shape index (κ3) is 5.43. The molecule has 2 aromatic carbocycles. The molecule has 1 aromatic heterocycles. The summed E-state index contributed by atoms with van der Waals surface area (Å²) >= 11 is 1.28. The van der Waals surface area contributed by atoms with E-state index in [4.69, 9.17) is 0 Å². The molecule has 182 valence electrons. The van der Waals surface area contributed by atoms with Gasteiger partial charge >= 0.3 is 0 Å². The number of amides is 2. The second-order valence-electron chi connectivity index (χ2n) is 8.56. The van der Waals surface area contributed by atoms with Crippen molar-refractivity contribution >= 4 is 34.8 Å². The molecule has 0 saturated heterocycles. The van der Waals surface area contributed by atoms with Crippen molar-refractivity contribution in [3.8, 4) is 5.69 Å². The topological polar surface area (TPSA) is 76.3 Å². The van der Waals surface area contributed by atoms with Crippen LogP contribution in [0.5, 0.6) is 0 Å². The predicted molar refractivity (Wildman–Crippen MR) is 142 cm³/mol. The minimum absolute atomic E-state index is 0.0142. The molecule has 1 aliphatic heterocycles. The van der Waals surface area contributed by atoms with Gasteiger partial charge in [0.2, 0.25) is 11.8 Å². The monoisotopic (exact) mass is 490 g/mol. The molecule has 1 aliphatic rings. The predicted octanol–water partition coefficient (Wildman–Crippen LogP) is 3.86. The molecule has 2 amide bonds. The van der Waals surface area contributed by atoms with Gasteiger partial charge in [0, 0.05) is 20.1 Å². The van der Waals surface area contributed by atoms with Crippen molar-refractivity contribution < 1.29 is 9.59 Å². The molecule has 1 N–H and O–H groups in total. The quantitative estimate of drug-likeness (QED) is 0.546. The van der Waals surface area contributed by atoms with Crippen LogP contribution in [0.2, 0.25) is 0 Å². The van der Waals surface area contributed by atoms with Crippen molar-refractivity contribution in [3.63, 3.8) is 0 Å². The smallest absolute Gasteiger partial charge is 0.295 e. The van der Waals surface area contributed by atoms with Gasteiger partial charge in [-0.05, 0) is 43.5 Å². The minimum atomic E-state index is -0.483. The zero-order chi connectivity index (χ0) is 24.9. The summed E-state index contributed by atoms with van der Waals surface area (Å²) in [6.45, 7) is 4.80. The number of hydrogen-bond donors (Lipinski definition) is 1. The van der Waals surface area contributed by atoms with Crippen LogP contribution in [0.1, 0.15) is 24.6 Å². The number of aromatic nitrogens is 2. The molecule has 8 heteroatoms. The fourth-order valence-corrected chi connectivity index (χ4v) is 4.90. The number of carbonyl (C=O) groups is 2. The lowest BCUT2D eigenvalue weighted by molar-refractivity contribution is -0.127. The Morgan fingerprint density at radius 3 is 2.34 bits per heavy atom. The van der Waals surface area contributed by atoms with E-state index in [1.165, 1.54) is 27.6 Å². The number of nitrogens with one attached hydrogen (secondary N) is 1. The highest BCUT2D eigenvalue weighted by molar-refractivity contribution is 8.01. The molecule has 0 spiro atoms. The number of anilines is 1. The fraction of sp³-hybridized carbons (Fsp3) is 0.296. The number of nitrogens with zero attached hydrogens (tertiary/aromatic N) is 3. The average molecular weight is 491 g/mol. The molecule has 0 saturated carbocycles. The average Bonchev–Trinajstić information content (AvgIpc) is 3.11. The van der Waals surface area contributed by atoms with Crippen LogP contribution >= 0.6 is 11.8 Å². The number of para-hydroxylation sites is 1. The molecule has 0 radical (unpaired) electrons. The zero-order valence-corrected chi connectivity index (χ0v) is 21.0. The van der Waals surface area contributed by atoms with E-state index >= 15 is 0 Å². The van der Waals surface area contributed by atoms with E-state index < -0.39 is 5.25 Å². The largest absolute Gasteiger partial charge is 0.338 e. The first-order valence-corrected chi connectivity index (χ1v) is 12.7. The van der Waals surface area contributed by atoms with Crippen molar-refractivity contribution in [2.45, 2.75) is 25.5 Å². The Morgan fingerprint density at radius 1 is 1.06 bits per heavy atom. The molecule has 0 aliphatic carbocycles. The molecular formula is C27H30N4O3S. The van der Waals surface area contributed by atoms with Crippen LogP contribution in [-0.2, 0) is 16.6 Å². The molecule has 4 rings (SSSR count). The molecule has 1 unspecified atom stereocenters. The standard InChI is InChI=1S/C27H30N4O3S/c1-19-25(27(34)31(29(19)3)23-12-8-5-9-13-23)28-26(33)20(2)35-18-24(32)30-16-14-22(15-17-30)21-10-6-4-7-11-21/h4-14,20H,15-18H2,1-3H3,(H,28,33). The third-order valence-corrected chi connectivity index (χ3v) is 7.46. The first kappa shape index (κ1) is 24.6. The molecule has 7 nitrogen and oxygen atoms in total. The zero-order valence-electron chi connectivity index (χ0n) is 20.2. The minimum Gasteiger partial charge on any atom is -0.338 e. The van der Waals surface area contributed by atoms with Crippen LogP contribution in [-0.4, -0.2) is 50.2 Å². The van der Waals surface area contributed by atoms with Gasteiger partial charge in [-0.25, -0.2) is 4.68 Å². The van der Waals surface area contributed by atoms with Crippen LogP contribution in [0.4, 0.5) is 5.69 Å². The lowest BCUT2D eigenvalue weighted by atomic mass is 10.00. The van der Waals surface area contributed by atoms with Gasteiger partial charge < -0.3 is 10.2 Å². The summed E-state index contributed by atoms with van der Waals surface area (Å²) in [4.78, 5) is 40.4. The number of benzene rings is 2. The first-order chi connectivity index (χ1) is 16.9. The van der Waals surface area contributed by atoms with Crippen LogP contribution in [0.15, 0.2) is 71.5 Å². The van der Waals surface area contributed by atoms with E-state index in [0.717, 1.165) is 12.1 Å². The van der Waals surface area contributed by atoms with Gasteiger partial charge in [-0.1, -0.05) is 54.6 Å². The number of rotatable bonds is 7. The van der Waals surface area contributed by atoms with E-state index in [0.29, 0.717) is 18.8 Å². The maximum absolute atomic E-state index is 13.0. The Balaban J connectivity index is 1.34. The maximum Gasteiger partial charge on any atom is 0.295 e. The normalized spacial score (nSPS) is 14.4. The van der Waals surface area contributed by atoms with Gasteiger partial charge in [0.1, 0.15) is 5.69 Å². The summed E-state index contributed by atoms with van der Waals surface area (Å²) in [5, 5.41) is 2.31. The van der Waals surface area contributed by atoms with Gasteiger partial charge in [-0.15, -0.1) is 11.8 Å². The summed E-state index contributed by atoms with van der Waals surface area (Å²) in [6, 6.07) is 19.5. The van der Waals surface area contributed by atoms with Gasteiger partial charge in [0.15, 0.2) is 0 Å². The van der Waals surface area contributed by atoms with E-state index in [2.05, 4.69) is 23.5 Å². The second-order valence-corrected chi connectivity index (χ2v) is 9.89. The fourth-order valence-electron chi connectivity index (χ4n) is 4.11. The SMILES string of the molecule is Cc1c(NC(=O)C(C)SCC(=O)N2CC=C(c3ccccc3)CC2)c(=O)n(-c2ccccc2)n1C. The van der Waals surface area contributed by atoms with Crippen LogP contribution < -0.4 is 10.9 Å². The Bertz CT molecular complexity index is 1300. The summed E-state index contributed by atoms with van der Waals surface area (Å²) in [5.74, 6) is -0.0652. The molecule has 3 aromatic rings. The molecule has 1 atom stereocenters. The van der Waals surface area contributed by atoms with E-state index in [-0.39, 0.29) is 28.8 Å². The van der Waals surface area contributed by atoms with Crippen molar-refractivity contribution in [3.05, 3.63) is 88.4 Å². The lowest BCUT2D eigenvalue weighted by Gasteiger charge is -2.27. The number of thioether (sulfide) groups is 1. The molecule has 35 heavy (non-hydrogen) atoms. The van der Waals surface area contributed by atoms with Crippen LogP contribution in [0.25, 0.3) is 11.3 Å². The number of carbonyl (C=O) groups excluding carboxylic acids is 2. The van der Waals surface area contributed by atoms with Crippen molar-refractivity contribution in [2.24, 2.45) is 7.05 Å². The van der Waals surface area contributed by atoms with Crippen molar-refractivity contribution in [1.82, 2.24) is 14.3 Å². The number of hydrogen-bond acceptors (Lipinski definition) is 4. The lowest BCUT2D eigenvalue weighted by Crippen LogP contribution is -2.36. The summed E-state index contributed by atoms with van der Waals surface area (Å²) in [7, 11) is 1.78. The highest BCUT2D eigenvalue weighted by atomic mass is 32.2. The maximum atomic E-state index is 13.0. The van der Waals surface area contributed by atoms with Crippen LogP contribution in [0, 0.1) is 6.92 Å². The highest BCUT2D eigenvalue weighted by Crippen LogP contribution is 2.23. The summed E-state index contributed by atoms with van der Waals surface area (Å²) < 4.78 is 3.25. The summed E-state index contributed by atoms with van der Waals surface area (Å²) in [5.41, 5.74) is 3.82. The third-order valence-electron chi connectivity index (χ3n) is 6.33.